The van der Waals surface area contributed by atoms with Gasteiger partial charge in [-0.1, -0.05) is 74.0 Å². The van der Waals surface area contributed by atoms with E-state index >= 15 is 0 Å². The van der Waals surface area contributed by atoms with Gasteiger partial charge in [0.15, 0.2) is 11.5 Å². The first-order valence-electron chi connectivity index (χ1n) is 12.7. The molecule has 3 aromatic rings. The third-order valence-corrected chi connectivity index (χ3v) is 7.06. The van der Waals surface area contributed by atoms with Crippen molar-refractivity contribution >= 4 is 28.2 Å². The maximum Gasteiger partial charge on any atom is 0.331 e. The Balaban J connectivity index is 1.76. The SMILES string of the molecule is CCCCS(=O)(=O)Oc1ccc(CC=Cc2ccc(C=C(C)C(=O)O)c(OCc3ccccc3)c2)cc1OC. The molecule has 0 saturated heterocycles. The Labute approximate surface area is 230 Å². The summed E-state index contributed by atoms with van der Waals surface area (Å²) >= 11 is 0. The lowest BCUT2D eigenvalue weighted by atomic mass is 10.1. The van der Waals surface area contributed by atoms with Gasteiger partial charge in [-0.15, -0.1) is 0 Å². The summed E-state index contributed by atoms with van der Waals surface area (Å²) in [7, 11) is -2.21. The van der Waals surface area contributed by atoms with Crippen LogP contribution in [0, 0.1) is 0 Å². The van der Waals surface area contributed by atoms with Crippen molar-refractivity contribution in [1.29, 1.82) is 0 Å². The summed E-state index contributed by atoms with van der Waals surface area (Å²) in [6.45, 7) is 3.81. The number of unbranched alkanes of at least 4 members (excludes halogenated alkanes) is 1. The summed E-state index contributed by atoms with van der Waals surface area (Å²) in [5.74, 6) is 0.0651. The Morgan fingerprint density at radius 3 is 2.41 bits per heavy atom. The number of carbonyl (C=O) groups is 1. The van der Waals surface area contributed by atoms with E-state index in [4.69, 9.17) is 13.7 Å². The van der Waals surface area contributed by atoms with E-state index < -0.39 is 16.1 Å². The van der Waals surface area contributed by atoms with Crippen molar-refractivity contribution in [2.24, 2.45) is 0 Å². The van der Waals surface area contributed by atoms with Crippen LogP contribution in [0.2, 0.25) is 0 Å². The fraction of sp³-hybridized carbons (Fsp3) is 0.258. The van der Waals surface area contributed by atoms with Gasteiger partial charge in [-0.2, -0.15) is 8.42 Å². The molecule has 0 heterocycles. The Hall–Kier alpha value is -4.04. The van der Waals surface area contributed by atoms with Gasteiger partial charge in [0.25, 0.3) is 0 Å². The van der Waals surface area contributed by atoms with Gasteiger partial charge in [0.1, 0.15) is 12.4 Å². The van der Waals surface area contributed by atoms with Crippen molar-refractivity contribution in [3.05, 3.63) is 101 Å². The number of hydrogen-bond donors (Lipinski definition) is 1. The Morgan fingerprint density at radius 2 is 1.72 bits per heavy atom. The molecule has 0 radical (unpaired) electrons. The van der Waals surface area contributed by atoms with E-state index in [1.165, 1.54) is 7.11 Å². The molecule has 3 rings (SSSR count). The van der Waals surface area contributed by atoms with Crippen LogP contribution in [-0.2, 0) is 27.9 Å². The molecule has 0 saturated carbocycles. The quantitative estimate of drug-likeness (QED) is 0.180. The summed E-state index contributed by atoms with van der Waals surface area (Å²) in [5, 5.41) is 9.30. The summed E-state index contributed by atoms with van der Waals surface area (Å²) in [4.78, 5) is 11.3. The second kappa shape index (κ2) is 14.2. The second-order valence-electron chi connectivity index (χ2n) is 8.99. The van der Waals surface area contributed by atoms with Crippen LogP contribution in [0.3, 0.4) is 0 Å². The van der Waals surface area contributed by atoms with E-state index in [0.717, 1.165) is 23.1 Å². The van der Waals surface area contributed by atoms with Crippen LogP contribution in [0.15, 0.2) is 78.4 Å². The number of ether oxygens (including phenoxy) is 2. The van der Waals surface area contributed by atoms with E-state index in [-0.39, 0.29) is 17.1 Å². The highest BCUT2D eigenvalue weighted by Crippen LogP contribution is 2.30. The molecule has 0 aliphatic heterocycles. The molecule has 0 aliphatic carbocycles. The molecule has 0 amide bonds. The molecule has 39 heavy (non-hydrogen) atoms. The first kappa shape index (κ1) is 29.5. The molecule has 0 fully saturated rings. The largest absolute Gasteiger partial charge is 0.493 e. The number of aliphatic carboxylic acids is 1. The van der Waals surface area contributed by atoms with Crippen LogP contribution in [0.4, 0.5) is 0 Å². The number of carboxylic acid groups (broad SMARTS) is 1. The maximum absolute atomic E-state index is 12.2. The minimum Gasteiger partial charge on any atom is -0.493 e. The van der Waals surface area contributed by atoms with Crippen LogP contribution in [0.5, 0.6) is 17.2 Å². The van der Waals surface area contributed by atoms with Gasteiger partial charge in [0.2, 0.25) is 0 Å². The Kier molecular flexibility index (Phi) is 10.8. The number of allylic oxidation sites excluding steroid dienone is 1. The molecule has 0 aromatic heterocycles. The molecule has 3 aromatic carbocycles. The monoisotopic (exact) mass is 550 g/mol. The van der Waals surface area contributed by atoms with Crippen molar-refractivity contribution in [1.82, 2.24) is 0 Å². The van der Waals surface area contributed by atoms with Crippen LogP contribution in [-0.4, -0.2) is 32.4 Å². The summed E-state index contributed by atoms with van der Waals surface area (Å²) in [6.07, 6.45) is 7.37. The van der Waals surface area contributed by atoms with Gasteiger partial charge in [-0.3, -0.25) is 0 Å². The highest BCUT2D eigenvalue weighted by molar-refractivity contribution is 7.87. The molecular formula is C31H34O7S. The predicted octanol–water partition coefficient (Wildman–Crippen LogP) is 6.53. The molecule has 0 aliphatic rings. The van der Waals surface area contributed by atoms with Gasteiger partial charge < -0.3 is 18.8 Å². The van der Waals surface area contributed by atoms with E-state index in [1.807, 2.05) is 67.6 Å². The number of benzene rings is 3. The van der Waals surface area contributed by atoms with Gasteiger partial charge in [-0.25, -0.2) is 4.79 Å². The number of carboxylic acids is 1. The van der Waals surface area contributed by atoms with E-state index in [1.54, 1.807) is 31.2 Å². The lowest BCUT2D eigenvalue weighted by Gasteiger charge is -2.12. The number of methoxy groups -OCH3 is 1. The van der Waals surface area contributed by atoms with Crippen molar-refractivity contribution in [3.8, 4) is 17.2 Å². The van der Waals surface area contributed by atoms with E-state index in [2.05, 4.69) is 0 Å². The standard InChI is InChI=1S/C31H34O7S/c1-4-5-18-39(34,35)38-28-17-15-25(21-30(28)36-3)13-9-12-24-14-16-27(19-23(2)31(32)33)29(20-24)37-22-26-10-7-6-8-11-26/h6-12,14-17,19-21H,4-5,13,18,22H2,1-3H3,(H,32,33). The predicted molar refractivity (Wildman–Crippen MR) is 154 cm³/mol. The van der Waals surface area contributed by atoms with Gasteiger partial charge in [0.05, 0.1) is 12.9 Å². The third-order valence-electron chi connectivity index (χ3n) is 5.84. The molecule has 206 valence electrons. The smallest absolute Gasteiger partial charge is 0.331 e. The minimum absolute atomic E-state index is 0.0430. The lowest BCUT2D eigenvalue weighted by Crippen LogP contribution is -2.14. The molecule has 7 nitrogen and oxygen atoms in total. The van der Waals surface area contributed by atoms with Crippen LogP contribution >= 0.6 is 0 Å². The van der Waals surface area contributed by atoms with Gasteiger partial charge in [-0.05, 0) is 60.7 Å². The first-order valence-corrected chi connectivity index (χ1v) is 14.3. The third kappa shape index (κ3) is 9.33. The van der Waals surface area contributed by atoms with Crippen molar-refractivity contribution in [3.63, 3.8) is 0 Å². The molecule has 0 bridgehead atoms. The zero-order valence-corrected chi connectivity index (χ0v) is 23.2. The normalized spacial score (nSPS) is 11.9. The molecule has 0 atom stereocenters. The molecule has 1 N–H and O–H groups in total. The average molecular weight is 551 g/mol. The van der Waals surface area contributed by atoms with Crippen LogP contribution in [0.25, 0.3) is 12.2 Å². The zero-order chi connectivity index (χ0) is 28.3. The summed E-state index contributed by atoms with van der Waals surface area (Å²) in [5.41, 5.74) is 3.69. The first-order chi connectivity index (χ1) is 18.7. The highest BCUT2D eigenvalue weighted by atomic mass is 32.2. The van der Waals surface area contributed by atoms with Crippen molar-refractivity contribution in [2.75, 3.05) is 12.9 Å². The summed E-state index contributed by atoms with van der Waals surface area (Å²) in [6, 6.07) is 20.5. The number of rotatable bonds is 14. The highest BCUT2D eigenvalue weighted by Gasteiger charge is 2.16. The van der Waals surface area contributed by atoms with E-state index in [0.29, 0.717) is 36.5 Å². The second-order valence-corrected chi connectivity index (χ2v) is 10.7. The topological polar surface area (TPSA) is 99.1 Å². The Bertz CT molecular complexity index is 1420. The fourth-order valence-electron chi connectivity index (χ4n) is 3.67. The molecule has 8 heteroatoms. The average Bonchev–Trinajstić information content (AvgIpc) is 2.92. The van der Waals surface area contributed by atoms with Gasteiger partial charge in [0, 0.05) is 11.1 Å². The molecule has 0 spiro atoms. The molecule has 0 unspecified atom stereocenters. The van der Waals surface area contributed by atoms with Crippen LogP contribution < -0.4 is 13.7 Å². The van der Waals surface area contributed by atoms with Crippen molar-refractivity contribution in [2.45, 2.75) is 39.7 Å². The number of hydrogen-bond acceptors (Lipinski definition) is 6. The zero-order valence-electron chi connectivity index (χ0n) is 22.4. The lowest BCUT2D eigenvalue weighted by molar-refractivity contribution is -0.132. The summed E-state index contributed by atoms with van der Waals surface area (Å²) < 4.78 is 41.0. The Morgan fingerprint density at radius 1 is 0.949 bits per heavy atom. The van der Waals surface area contributed by atoms with Gasteiger partial charge >= 0.3 is 16.1 Å². The van der Waals surface area contributed by atoms with Crippen molar-refractivity contribution < 1.29 is 32.0 Å². The molecular weight excluding hydrogens is 516 g/mol. The maximum atomic E-state index is 12.2. The van der Waals surface area contributed by atoms with E-state index in [9.17, 15) is 18.3 Å². The fourth-order valence-corrected chi connectivity index (χ4v) is 4.80. The van der Waals surface area contributed by atoms with Crippen LogP contribution in [0.1, 0.15) is 48.9 Å². The minimum atomic E-state index is -3.68.